The number of thiophene rings is 2. The minimum atomic E-state index is 0.00562. The largest absolute Gasteiger partial charge is 0.379 e. The molecule has 1 amide bonds. The third kappa shape index (κ3) is 3.71. The summed E-state index contributed by atoms with van der Waals surface area (Å²) in [4.78, 5) is 15.8. The Labute approximate surface area is 132 Å². The van der Waals surface area contributed by atoms with Crippen molar-refractivity contribution in [1.82, 2.24) is 10.2 Å². The third-order valence-electron chi connectivity index (χ3n) is 3.60. The Hall–Kier alpha value is -1.21. The maximum Gasteiger partial charge on any atom is 0.252 e. The highest BCUT2D eigenvalue weighted by molar-refractivity contribution is 7.10. The van der Waals surface area contributed by atoms with Gasteiger partial charge in [0.15, 0.2) is 0 Å². The van der Waals surface area contributed by atoms with E-state index in [4.69, 9.17) is 4.74 Å². The highest BCUT2D eigenvalue weighted by atomic mass is 32.1. The quantitative estimate of drug-likeness (QED) is 0.920. The van der Waals surface area contributed by atoms with Crippen LogP contribution in [0.5, 0.6) is 0 Å². The molecule has 1 fully saturated rings. The van der Waals surface area contributed by atoms with Crippen LogP contribution in [0, 0.1) is 0 Å². The van der Waals surface area contributed by atoms with Crippen LogP contribution >= 0.6 is 22.7 Å². The molecular formula is C15H18N2O2S2. The van der Waals surface area contributed by atoms with Gasteiger partial charge in [-0.25, -0.2) is 0 Å². The summed E-state index contributed by atoms with van der Waals surface area (Å²) in [6.45, 7) is 3.99. The van der Waals surface area contributed by atoms with Crippen LogP contribution in [-0.4, -0.2) is 43.7 Å². The first-order chi connectivity index (χ1) is 10.3. The number of nitrogens with one attached hydrogen (secondary N) is 1. The van der Waals surface area contributed by atoms with E-state index < -0.39 is 0 Å². The van der Waals surface area contributed by atoms with Crippen molar-refractivity contribution in [2.75, 3.05) is 32.8 Å². The Kier molecular flexibility index (Phi) is 5.03. The van der Waals surface area contributed by atoms with Gasteiger partial charge in [-0.05, 0) is 22.9 Å². The maximum atomic E-state index is 12.1. The molecule has 0 bridgehead atoms. The van der Waals surface area contributed by atoms with Gasteiger partial charge in [0.05, 0.1) is 19.3 Å². The van der Waals surface area contributed by atoms with Gasteiger partial charge < -0.3 is 10.1 Å². The highest BCUT2D eigenvalue weighted by Crippen LogP contribution is 2.25. The predicted molar refractivity (Wildman–Crippen MR) is 86.1 cm³/mol. The molecule has 0 aliphatic carbocycles. The van der Waals surface area contributed by atoms with Gasteiger partial charge in [0, 0.05) is 35.5 Å². The molecule has 0 spiro atoms. The molecule has 0 unspecified atom stereocenters. The van der Waals surface area contributed by atoms with Gasteiger partial charge in [-0.3, -0.25) is 9.69 Å². The molecular weight excluding hydrogens is 304 g/mol. The number of nitrogens with zero attached hydrogens (tertiary/aromatic N) is 1. The van der Waals surface area contributed by atoms with Crippen molar-refractivity contribution in [2.45, 2.75) is 6.04 Å². The second kappa shape index (κ2) is 7.17. The number of hydrogen-bond donors (Lipinski definition) is 1. The fraction of sp³-hybridized carbons (Fsp3) is 0.400. The minimum Gasteiger partial charge on any atom is -0.379 e. The summed E-state index contributed by atoms with van der Waals surface area (Å²) in [5.41, 5.74) is 0.743. The van der Waals surface area contributed by atoms with Crippen LogP contribution in [0.4, 0.5) is 0 Å². The van der Waals surface area contributed by atoms with E-state index in [0.29, 0.717) is 6.54 Å². The van der Waals surface area contributed by atoms with Crippen molar-refractivity contribution in [1.29, 1.82) is 0 Å². The molecule has 1 aliphatic rings. The third-order valence-corrected chi connectivity index (χ3v) is 5.25. The zero-order chi connectivity index (χ0) is 14.5. The fourth-order valence-electron chi connectivity index (χ4n) is 2.46. The lowest BCUT2D eigenvalue weighted by Gasteiger charge is -2.34. The molecule has 2 aromatic heterocycles. The molecule has 2 aromatic rings. The molecule has 0 radical (unpaired) electrons. The molecule has 3 rings (SSSR count). The molecule has 4 nitrogen and oxygen atoms in total. The summed E-state index contributed by atoms with van der Waals surface area (Å²) in [5.74, 6) is 0.00562. The smallest absolute Gasteiger partial charge is 0.252 e. The topological polar surface area (TPSA) is 41.6 Å². The molecule has 112 valence electrons. The van der Waals surface area contributed by atoms with Gasteiger partial charge in [0.25, 0.3) is 5.91 Å². The average molecular weight is 322 g/mol. The Morgan fingerprint density at radius 3 is 2.86 bits per heavy atom. The first-order valence-electron chi connectivity index (χ1n) is 7.00. The summed E-state index contributed by atoms with van der Waals surface area (Å²) in [6.07, 6.45) is 0. The lowest BCUT2D eigenvalue weighted by molar-refractivity contribution is 0.0169. The molecule has 1 N–H and O–H groups in total. The van der Waals surface area contributed by atoms with Crippen LogP contribution in [0.3, 0.4) is 0 Å². The van der Waals surface area contributed by atoms with E-state index in [9.17, 15) is 4.79 Å². The van der Waals surface area contributed by atoms with Gasteiger partial charge in [-0.15, -0.1) is 11.3 Å². The number of rotatable bonds is 5. The number of ether oxygens (including phenoxy) is 1. The molecule has 0 saturated carbocycles. The van der Waals surface area contributed by atoms with E-state index in [1.54, 1.807) is 22.7 Å². The number of carbonyl (C=O) groups is 1. The first-order valence-corrected chi connectivity index (χ1v) is 8.82. The summed E-state index contributed by atoms with van der Waals surface area (Å²) in [7, 11) is 0. The van der Waals surface area contributed by atoms with Gasteiger partial charge in [-0.1, -0.05) is 6.07 Å². The highest BCUT2D eigenvalue weighted by Gasteiger charge is 2.24. The normalized spacial score (nSPS) is 17.5. The van der Waals surface area contributed by atoms with Crippen LogP contribution in [0.2, 0.25) is 0 Å². The fourth-order valence-corrected chi connectivity index (χ4v) is 3.96. The lowest BCUT2D eigenvalue weighted by atomic mass is 10.2. The average Bonchev–Trinajstić information content (AvgIpc) is 3.22. The summed E-state index contributed by atoms with van der Waals surface area (Å²) in [6, 6.07) is 6.29. The van der Waals surface area contributed by atoms with E-state index in [1.807, 2.05) is 16.8 Å². The minimum absolute atomic E-state index is 0.00562. The van der Waals surface area contributed by atoms with Crippen molar-refractivity contribution in [3.8, 4) is 0 Å². The first kappa shape index (κ1) is 14.7. The Morgan fingerprint density at radius 2 is 2.19 bits per heavy atom. The lowest BCUT2D eigenvalue weighted by Crippen LogP contribution is -2.43. The zero-order valence-corrected chi connectivity index (χ0v) is 13.3. The van der Waals surface area contributed by atoms with Crippen molar-refractivity contribution in [2.24, 2.45) is 0 Å². The van der Waals surface area contributed by atoms with Crippen LogP contribution in [0.15, 0.2) is 34.3 Å². The van der Waals surface area contributed by atoms with Gasteiger partial charge in [0.2, 0.25) is 0 Å². The molecule has 21 heavy (non-hydrogen) atoms. The SMILES string of the molecule is O=C(NC[C@H](c1cccs1)N1CCOCC1)c1ccsc1. The molecule has 3 heterocycles. The van der Waals surface area contributed by atoms with E-state index in [1.165, 1.54) is 4.88 Å². The summed E-state index contributed by atoms with van der Waals surface area (Å²) in [5, 5.41) is 8.95. The van der Waals surface area contributed by atoms with Crippen molar-refractivity contribution < 1.29 is 9.53 Å². The predicted octanol–water partition coefficient (Wildman–Crippen LogP) is 2.61. The van der Waals surface area contributed by atoms with Crippen molar-refractivity contribution in [3.05, 3.63) is 44.8 Å². The molecule has 1 aliphatic heterocycles. The molecule has 1 atom stereocenters. The van der Waals surface area contributed by atoms with Gasteiger partial charge in [0.1, 0.15) is 0 Å². The van der Waals surface area contributed by atoms with E-state index in [-0.39, 0.29) is 11.9 Å². The molecule has 0 aromatic carbocycles. The second-order valence-electron chi connectivity index (χ2n) is 4.90. The van der Waals surface area contributed by atoms with Crippen LogP contribution in [-0.2, 0) is 4.74 Å². The standard InChI is InChI=1S/C15H18N2O2S2/c18-15(12-3-9-20-11-12)16-10-13(14-2-1-8-21-14)17-4-6-19-7-5-17/h1-3,8-9,11,13H,4-7,10H2,(H,16,18)/t13-/m1/s1. The second-order valence-corrected chi connectivity index (χ2v) is 6.66. The van der Waals surface area contributed by atoms with E-state index >= 15 is 0 Å². The Bertz CT molecular complexity index is 548. The van der Waals surface area contributed by atoms with Crippen LogP contribution in [0.25, 0.3) is 0 Å². The van der Waals surface area contributed by atoms with Gasteiger partial charge >= 0.3 is 0 Å². The molecule has 1 saturated heterocycles. The summed E-state index contributed by atoms with van der Waals surface area (Å²) < 4.78 is 5.43. The number of amides is 1. The van der Waals surface area contributed by atoms with Crippen molar-refractivity contribution >= 4 is 28.6 Å². The monoisotopic (exact) mass is 322 g/mol. The summed E-state index contributed by atoms with van der Waals surface area (Å²) >= 11 is 3.28. The van der Waals surface area contributed by atoms with Crippen LogP contribution < -0.4 is 5.32 Å². The number of hydrogen-bond acceptors (Lipinski definition) is 5. The Morgan fingerprint density at radius 1 is 1.33 bits per heavy atom. The maximum absolute atomic E-state index is 12.1. The van der Waals surface area contributed by atoms with Crippen molar-refractivity contribution in [3.63, 3.8) is 0 Å². The van der Waals surface area contributed by atoms with E-state index in [2.05, 4.69) is 27.7 Å². The Balaban J connectivity index is 1.66. The number of morpholine rings is 1. The van der Waals surface area contributed by atoms with Gasteiger partial charge in [-0.2, -0.15) is 11.3 Å². The molecule has 6 heteroatoms. The van der Waals surface area contributed by atoms with E-state index in [0.717, 1.165) is 31.9 Å². The number of carbonyl (C=O) groups excluding carboxylic acids is 1. The van der Waals surface area contributed by atoms with Crippen LogP contribution in [0.1, 0.15) is 21.3 Å². The zero-order valence-electron chi connectivity index (χ0n) is 11.7.